The lowest BCUT2D eigenvalue weighted by molar-refractivity contribution is -0.148. The number of carbonyl (C=O) groups is 2. The molecule has 0 aliphatic carbocycles. The summed E-state index contributed by atoms with van der Waals surface area (Å²) in [6.45, 7) is 2.66. The van der Waals surface area contributed by atoms with Gasteiger partial charge in [-0.25, -0.2) is 4.79 Å². The van der Waals surface area contributed by atoms with Crippen LogP contribution >= 0.6 is 0 Å². The highest BCUT2D eigenvalue weighted by molar-refractivity contribution is 5.88. The Morgan fingerprint density at radius 3 is 2.61 bits per heavy atom. The van der Waals surface area contributed by atoms with Gasteiger partial charge in [-0.15, -0.1) is 0 Å². The summed E-state index contributed by atoms with van der Waals surface area (Å²) in [5.74, 6) is -0.255. The van der Waals surface area contributed by atoms with Gasteiger partial charge in [0.25, 0.3) is 5.91 Å². The van der Waals surface area contributed by atoms with Crippen molar-refractivity contribution < 1.29 is 18.7 Å². The first kappa shape index (κ1) is 16.5. The molecule has 0 saturated heterocycles. The molecular weight excluding hydrogens is 294 g/mol. The molecular formula is C18H19NO4. The van der Waals surface area contributed by atoms with Crippen molar-refractivity contribution in [3.63, 3.8) is 0 Å². The molecule has 0 atom stereocenters. The van der Waals surface area contributed by atoms with Crippen molar-refractivity contribution in [3.8, 4) is 0 Å². The van der Waals surface area contributed by atoms with Crippen LogP contribution in [0.25, 0.3) is 6.08 Å². The van der Waals surface area contributed by atoms with E-state index in [9.17, 15) is 9.59 Å². The minimum Gasteiger partial charge on any atom is -0.465 e. The predicted octanol–water partition coefficient (Wildman–Crippen LogP) is 2.88. The molecule has 0 aliphatic rings. The van der Waals surface area contributed by atoms with Crippen LogP contribution in [-0.2, 0) is 20.9 Å². The van der Waals surface area contributed by atoms with Gasteiger partial charge in [0, 0.05) is 19.2 Å². The largest absolute Gasteiger partial charge is 0.465 e. The molecule has 1 aromatic heterocycles. The van der Waals surface area contributed by atoms with Gasteiger partial charge >= 0.3 is 5.97 Å². The van der Waals surface area contributed by atoms with Gasteiger partial charge in [0.1, 0.15) is 5.76 Å². The molecule has 0 unspecified atom stereocenters. The van der Waals surface area contributed by atoms with Gasteiger partial charge in [-0.05, 0) is 30.7 Å². The van der Waals surface area contributed by atoms with Crippen molar-refractivity contribution in [1.82, 2.24) is 4.90 Å². The lowest BCUT2D eigenvalue weighted by Gasteiger charge is -2.20. The summed E-state index contributed by atoms with van der Waals surface area (Å²) < 4.78 is 10.0. The van der Waals surface area contributed by atoms with Crippen LogP contribution in [0, 0.1) is 0 Å². The highest BCUT2D eigenvalue weighted by Crippen LogP contribution is 2.05. The Kier molecular flexibility index (Phi) is 6.17. The molecule has 0 spiro atoms. The maximum Gasteiger partial charge on any atom is 0.331 e. The molecule has 0 fully saturated rings. The monoisotopic (exact) mass is 313 g/mol. The molecule has 1 amide bonds. The number of rotatable bonds is 7. The molecule has 120 valence electrons. The standard InChI is InChI=1S/C18H19NO4/c1-2-19(13-15-7-4-3-5-8-15)17(20)14-23-18(21)11-10-16-9-6-12-22-16/h3-12H,2,13-14H2,1H3. The van der Waals surface area contributed by atoms with E-state index in [-0.39, 0.29) is 12.5 Å². The Balaban J connectivity index is 1.81. The van der Waals surface area contributed by atoms with Crippen LogP contribution in [0.15, 0.2) is 59.2 Å². The Bertz CT molecular complexity index is 647. The van der Waals surface area contributed by atoms with Gasteiger partial charge in [-0.3, -0.25) is 4.79 Å². The summed E-state index contributed by atoms with van der Waals surface area (Å²) in [4.78, 5) is 25.4. The number of esters is 1. The third-order valence-electron chi connectivity index (χ3n) is 3.22. The summed E-state index contributed by atoms with van der Waals surface area (Å²) in [7, 11) is 0. The number of benzene rings is 1. The summed E-state index contributed by atoms with van der Waals surface area (Å²) >= 11 is 0. The number of carbonyl (C=O) groups excluding carboxylic acids is 2. The Morgan fingerprint density at radius 2 is 1.96 bits per heavy atom. The first-order valence-electron chi connectivity index (χ1n) is 7.39. The molecule has 2 rings (SSSR count). The fourth-order valence-corrected chi connectivity index (χ4v) is 1.99. The van der Waals surface area contributed by atoms with Crippen molar-refractivity contribution in [3.05, 3.63) is 66.1 Å². The van der Waals surface area contributed by atoms with Crippen molar-refractivity contribution in [1.29, 1.82) is 0 Å². The molecule has 1 aromatic carbocycles. The highest BCUT2D eigenvalue weighted by atomic mass is 16.5. The minimum atomic E-state index is -0.578. The zero-order chi connectivity index (χ0) is 16.5. The first-order chi connectivity index (χ1) is 11.2. The minimum absolute atomic E-state index is 0.226. The SMILES string of the molecule is CCN(Cc1ccccc1)C(=O)COC(=O)C=Cc1ccco1. The number of hydrogen-bond acceptors (Lipinski definition) is 4. The van der Waals surface area contributed by atoms with Crippen LogP contribution in [0.4, 0.5) is 0 Å². The second-order valence-electron chi connectivity index (χ2n) is 4.85. The van der Waals surface area contributed by atoms with E-state index in [4.69, 9.17) is 9.15 Å². The lowest BCUT2D eigenvalue weighted by atomic mass is 10.2. The summed E-state index contributed by atoms with van der Waals surface area (Å²) in [6.07, 6.45) is 4.24. The van der Waals surface area contributed by atoms with Gasteiger partial charge in [-0.1, -0.05) is 30.3 Å². The van der Waals surface area contributed by atoms with Crippen LogP contribution in [0.5, 0.6) is 0 Å². The highest BCUT2D eigenvalue weighted by Gasteiger charge is 2.13. The van der Waals surface area contributed by atoms with Crippen LogP contribution in [0.1, 0.15) is 18.2 Å². The molecule has 0 N–H and O–H groups in total. The average Bonchev–Trinajstić information content (AvgIpc) is 3.10. The normalized spacial score (nSPS) is 10.7. The first-order valence-corrected chi connectivity index (χ1v) is 7.39. The fourth-order valence-electron chi connectivity index (χ4n) is 1.99. The van der Waals surface area contributed by atoms with Gasteiger partial charge in [0.05, 0.1) is 6.26 Å². The van der Waals surface area contributed by atoms with Crippen LogP contribution in [0.3, 0.4) is 0 Å². The van der Waals surface area contributed by atoms with Crippen LogP contribution in [0.2, 0.25) is 0 Å². The van der Waals surface area contributed by atoms with E-state index in [1.54, 1.807) is 17.0 Å². The molecule has 23 heavy (non-hydrogen) atoms. The average molecular weight is 313 g/mol. The van der Waals surface area contributed by atoms with E-state index in [1.165, 1.54) is 18.4 Å². The van der Waals surface area contributed by atoms with E-state index in [0.717, 1.165) is 5.56 Å². The molecule has 5 nitrogen and oxygen atoms in total. The van der Waals surface area contributed by atoms with Gasteiger partial charge in [0.15, 0.2) is 6.61 Å². The van der Waals surface area contributed by atoms with Crippen molar-refractivity contribution in [2.24, 2.45) is 0 Å². The Labute approximate surface area is 135 Å². The number of amides is 1. The predicted molar refractivity (Wildman–Crippen MR) is 86.2 cm³/mol. The second kappa shape index (κ2) is 8.58. The molecule has 0 saturated carbocycles. The molecule has 1 heterocycles. The van der Waals surface area contributed by atoms with Crippen LogP contribution in [-0.4, -0.2) is 29.9 Å². The topological polar surface area (TPSA) is 59.8 Å². The smallest absolute Gasteiger partial charge is 0.331 e. The number of nitrogens with zero attached hydrogens (tertiary/aromatic N) is 1. The summed E-state index contributed by atoms with van der Waals surface area (Å²) in [5.41, 5.74) is 1.03. The van der Waals surface area contributed by atoms with Crippen LogP contribution < -0.4 is 0 Å². The van der Waals surface area contributed by atoms with E-state index in [2.05, 4.69) is 0 Å². The Hall–Kier alpha value is -2.82. The van der Waals surface area contributed by atoms with Crippen molar-refractivity contribution in [2.45, 2.75) is 13.5 Å². The quantitative estimate of drug-likeness (QED) is 0.582. The maximum absolute atomic E-state index is 12.1. The zero-order valence-corrected chi connectivity index (χ0v) is 13.0. The third-order valence-corrected chi connectivity index (χ3v) is 3.22. The number of furan rings is 1. The van der Waals surface area contributed by atoms with Gasteiger partial charge < -0.3 is 14.1 Å². The number of likely N-dealkylation sites (N-methyl/N-ethyl adjacent to an activating group) is 1. The van der Waals surface area contributed by atoms with E-state index in [0.29, 0.717) is 18.8 Å². The van der Waals surface area contributed by atoms with Gasteiger partial charge in [0.2, 0.25) is 0 Å². The van der Waals surface area contributed by atoms with E-state index >= 15 is 0 Å². The number of hydrogen-bond donors (Lipinski definition) is 0. The summed E-state index contributed by atoms with van der Waals surface area (Å²) in [6, 6.07) is 13.1. The number of ether oxygens (including phenoxy) is 1. The van der Waals surface area contributed by atoms with Crippen molar-refractivity contribution >= 4 is 18.0 Å². The zero-order valence-electron chi connectivity index (χ0n) is 13.0. The second-order valence-corrected chi connectivity index (χ2v) is 4.85. The Morgan fingerprint density at radius 1 is 1.17 bits per heavy atom. The lowest BCUT2D eigenvalue weighted by Crippen LogP contribution is -2.33. The fraction of sp³-hybridized carbons (Fsp3) is 0.222. The third kappa shape index (κ3) is 5.47. The molecule has 5 heteroatoms. The molecule has 0 bridgehead atoms. The molecule has 2 aromatic rings. The maximum atomic E-state index is 12.1. The van der Waals surface area contributed by atoms with Gasteiger partial charge in [-0.2, -0.15) is 0 Å². The van der Waals surface area contributed by atoms with E-state index < -0.39 is 5.97 Å². The van der Waals surface area contributed by atoms with E-state index in [1.807, 2.05) is 37.3 Å². The van der Waals surface area contributed by atoms with Crippen molar-refractivity contribution in [2.75, 3.05) is 13.2 Å². The summed E-state index contributed by atoms with van der Waals surface area (Å²) in [5, 5.41) is 0. The molecule has 0 radical (unpaired) electrons. The molecule has 0 aliphatic heterocycles.